The third-order valence-electron chi connectivity index (χ3n) is 3.11. The van der Waals surface area contributed by atoms with E-state index in [0.717, 1.165) is 29.2 Å². The van der Waals surface area contributed by atoms with Crippen LogP contribution in [0.25, 0.3) is 0 Å². The van der Waals surface area contributed by atoms with E-state index in [-0.39, 0.29) is 6.04 Å². The van der Waals surface area contributed by atoms with Gasteiger partial charge in [0.05, 0.1) is 23.7 Å². The predicted molar refractivity (Wildman–Crippen MR) is 82.7 cm³/mol. The van der Waals surface area contributed by atoms with E-state index >= 15 is 0 Å². The molecular formula is C14H21N5OS. The molecule has 6 nitrogen and oxygen atoms in total. The monoisotopic (exact) mass is 307 g/mol. The van der Waals surface area contributed by atoms with Gasteiger partial charge in [-0.3, -0.25) is 4.98 Å². The van der Waals surface area contributed by atoms with Crippen LogP contribution in [-0.4, -0.2) is 33.2 Å². The summed E-state index contributed by atoms with van der Waals surface area (Å²) in [7, 11) is 1.61. The van der Waals surface area contributed by atoms with Gasteiger partial charge >= 0.3 is 0 Å². The average Bonchev–Trinajstić information content (AvgIpc) is 2.98. The molecule has 0 aliphatic carbocycles. The fourth-order valence-electron chi connectivity index (χ4n) is 2.10. The van der Waals surface area contributed by atoms with Crippen LogP contribution in [-0.2, 0) is 0 Å². The second-order valence-electron chi connectivity index (χ2n) is 5.02. The molecule has 0 bridgehead atoms. The number of aromatic nitrogens is 4. The van der Waals surface area contributed by atoms with Crippen molar-refractivity contribution in [3.63, 3.8) is 0 Å². The maximum Gasteiger partial charge on any atom is 0.237 e. The Kier molecular flexibility index (Phi) is 5.58. The minimum absolute atomic E-state index is 0.0917. The third kappa shape index (κ3) is 3.54. The van der Waals surface area contributed by atoms with Gasteiger partial charge in [0.2, 0.25) is 5.88 Å². The van der Waals surface area contributed by atoms with Crippen molar-refractivity contribution < 1.29 is 4.74 Å². The van der Waals surface area contributed by atoms with E-state index in [1.165, 1.54) is 11.5 Å². The van der Waals surface area contributed by atoms with E-state index in [1.54, 1.807) is 19.5 Å². The second kappa shape index (κ2) is 7.42. The highest BCUT2D eigenvalue weighted by atomic mass is 32.1. The van der Waals surface area contributed by atoms with Crippen LogP contribution in [0.3, 0.4) is 0 Å². The van der Waals surface area contributed by atoms with Crippen LogP contribution >= 0.6 is 11.5 Å². The van der Waals surface area contributed by atoms with Crippen molar-refractivity contribution in [2.45, 2.75) is 39.2 Å². The van der Waals surface area contributed by atoms with Crippen LogP contribution in [0.2, 0.25) is 0 Å². The molecule has 1 atom stereocenters. The van der Waals surface area contributed by atoms with Gasteiger partial charge < -0.3 is 10.1 Å². The zero-order valence-corrected chi connectivity index (χ0v) is 13.6. The normalized spacial score (nSPS) is 12.6. The minimum Gasteiger partial charge on any atom is -0.480 e. The highest BCUT2D eigenvalue weighted by Crippen LogP contribution is 2.32. The summed E-state index contributed by atoms with van der Waals surface area (Å²) in [5.74, 6) is 0.849. The first kappa shape index (κ1) is 15.8. The summed E-state index contributed by atoms with van der Waals surface area (Å²) in [6, 6.07) is -0.0917. The Labute approximate surface area is 129 Å². The zero-order chi connectivity index (χ0) is 15.2. The van der Waals surface area contributed by atoms with Crippen LogP contribution in [0.15, 0.2) is 12.4 Å². The first-order chi connectivity index (χ1) is 10.2. The maximum atomic E-state index is 5.35. The van der Waals surface area contributed by atoms with Crippen LogP contribution in [0.4, 0.5) is 0 Å². The molecule has 21 heavy (non-hydrogen) atoms. The van der Waals surface area contributed by atoms with Crippen molar-refractivity contribution in [2.75, 3.05) is 13.7 Å². The summed E-state index contributed by atoms with van der Waals surface area (Å²) < 4.78 is 9.47. The lowest BCUT2D eigenvalue weighted by atomic mass is 10.0. The van der Waals surface area contributed by atoms with Crippen molar-refractivity contribution >= 4 is 11.5 Å². The predicted octanol–water partition coefficient (Wildman–Crippen LogP) is 2.55. The van der Waals surface area contributed by atoms with E-state index < -0.39 is 0 Å². The van der Waals surface area contributed by atoms with Gasteiger partial charge in [0, 0.05) is 12.4 Å². The van der Waals surface area contributed by atoms with Gasteiger partial charge in [-0.2, -0.15) is 0 Å². The highest BCUT2D eigenvalue weighted by molar-refractivity contribution is 7.05. The molecule has 0 aliphatic heterocycles. The number of hydrogen-bond donors (Lipinski definition) is 1. The smallest absolute Gasteiger partial charge is 0.237 e. The number of nitrogens with one attached hydrogen (secondary N) is 1. The average molecular weight is 307 g/mol. The Morgan fingerprint density at radius 3 is 2.67 bits per heavy atom. The molecule has 2 aromatic rings. The molecule has 1 unspecified atom stereocenters. The van der Waals surface area contributed by atoms with Crippen LogP contribution < -0.4 is 10.1 Å². The number of hydrogen-bond acceptors (Lipinski definition) is 7. The van der Waals surface area contributed by atoms with Crippen molar-refractivity contribution in [1.29, 1.82) is 0 Å². The molecule has 0 fully saturated rings. The molecule has 114 valence electrons. The van der Waals surface area contributed by atoms with E-state index in [9.17, 15) is 0 Å². The van der Waals surface area contributed by atoms with Gasteiger partial charge in [-0.25, -0.2) is 4.98 Å². The number of ether oxygens (including phenoxy) is 1. The van der Waals surface area contributed by atoms with Gasteiger partial charge in [-0.1, -0.05) is 25.3 Å². The fraction of sp³-hybridized carbons (Fsp3) is 0.571. The topological polar surface area (TPSA) is 72.8 Å². The van der Waals surface area contributed by atoms with Crippen LogP contribution in [0.1, 0.15) is 55.4 Å². The first-order valence-corrected chi connectivity index (χ1v) is 7.86. The first-order valence-electron chi connectivity index (χ1n) is 7.09. The molecular weight excluding hydrogens is 286 g/mol. The Bertz CT molecular complexity index is 572. The molecule has 2 heterocycles. The molecule has 1 N–H and O–H groups in total. The number of rotatable bonds is 7. The summed E-state index contributed by atoms with van der Waals surface area (Å²) in [6.45, 7) is 7.24. The Balaban J connectivity index is 2.45. The van der Waals surface area contributed by atoms with Gasteiger partial charge in [0.25, 0.3) is 0 Å². The SMILES string of the molecule is CCCNC(c1nccnc1OC)c1snnc1C(C)C. The molecule has 2 aromatic heterocycles. The van der Waals surface area contributed by atoms with Crippen molar-refractivity contribution in [1.82, 2.24) is 24.9 Å². The number of nitrogens with zero attached hydrogens (tertiary/aromatic N) is 4. The number of methoxy groups -OCH3 is 1. The second-order valence-corrected chi connectivity index (χ2v) is 5.80. The standard InChI is InChI=1S/C14H21N5OS/c1-5-6-15-11(12-14(20-4)17-8-7-16-12)13-10(9(2)3)18-19-21-13/h7-9,11,15H,5-6H2,1-4H3. The van der Waals surface area contributed by atoms with E-state index in [2.05, 4.69) is 45.6 Å². The molecule has 0 amide bonds. The van der Waals surface area contributed by atoms with Gasteiger partial charge in [-0.15, -0.1) is 5.10 Å². The molecule has 7 heteroatoms. The van der Waals surface area contributed by atoms with Gasteiger partial charge in [0.1, 0.15) is 5.69 Å². The van der Waals surface area contributed by atoms with E-state index in [0.29, 0.717) is 11.8 Å². The highest BCUT2D eigenvalue weighted by Gasteiger charge is 2.26. The summed E-state index contributed by atoms with van der Waals surface area (Å²) >= 11 is 1.40. The van der Waals surface area contributed by atoms with E-state index in [1.807, 2.05) is 0 Å². The minimum atomic E-state index is -0.0917. The summed E-state index contributed by atoms with van der Waals surface area (Å²) in [4.78, 5) is 9.79. The molecule has 0 spiro atoms. The van der Waals surface area contributed by atoms with E-state index in [4.69, 9.17) is 4.74 Å². The Morgan fingerprint density at radius 2 is 2.00 bits per heavy atom. The molecule has 0 saturated carbocycles. The molecule has 0 saturated heterocycles. The van der Waals surface area contributed by atoms with Crippen molar-refractivity contribution in [3.05, 3.63) is 28.7 Å². The largest absolute Gasteiger partial charge is 0.480 e. The maximum absolute atomic E-state index is 5.35. The van der Waals surface area contributed by atoms with Gasteiger partial charge in [0.15, 0.2) is 0 Å². The lowest BCUT2D eigenvalue weighted by Gasteiger charge is -2.19. The van der Waals surface area contributed by atoms with Gasteiger partial charge in [-0.05, 0) is 30.4 Å². The third-order valence-corrected chi connectivity index (χ3v) is 3.91. The lowest BCUT2D eigenvalue weighted by molar-refractivity contribution is 0.382. The van der Waals surface area contributed by atoms with Crippen LogP contribution in [0.5, 0.6) is 5.88 Å². The fourth-order valence-corrected chi connectivity index (χ4v) is 2.99. The van der Waals surface area contributed by atoms with Crippen molar-refractivity contribution in [2.24, 2.45) is 0 Å². The zero-order valence-electron chi connectivity index (χ0n) is 12.8. The molecule has 2 rings (SSSR count). The quantitative estimate of drug-likeness (QED) is 0.847. The summed E-state index contributed by atoms with van der Waals surface area (Å²) in [6.07, 6.45) is 4.35. The summed E-state index contributed by atoms with van der Waals surface area (Å²) in [5.41, 5.74) is 1.78. The molecule has 0 aliphatic rings. The molecule has 0 radical (unpaired) electrons. The van der Waals surface area contributed by atoms with Crippen molar-refractivity contribution in [3.8, 4) is 5.88 Å². The lowest BCUT2D eigenvalue weighted by Crippen LogP contribution is -2.25. The summed E-state index contributed by atoms with van der Waals surface area (Å²) in [5, 5.41) is 7.77. The molecule has 0 aromatic carbocycles. The Hall–Kier alpha value is -1.60. The Morgan fingerprint density at radius 1 is 1.24 bits per heavy atom. The van der Waals surface area contributed by atoms with Crippen LogP contribution in [0, 0.1) is 0 Å².